The number of hydrogen-bond donors (Lipinski definition) is 18. The maximum Gasteiger partial charge on any atom is 0.267 e. The predicted octanol–water partition coefficient (Wildman–Crippen LogP) is -4.97. The number of Topliss-reactive ketones (excluding diaryl/α,β-unsaturated/α-hetero) is 1. The van der Waals surface area contributed by atoms with E-state index in [2.05, 4.69) is 68.5 Å². The fourth-order valence-electron chi connectivity index (χ4n) is 13.5. The van der Waals surface area contributed by atoms with Crippen molar-refractivity contribution in [1.29, 1.82) is 0 Å². The van der Waals surface area contributed by atoms with Crippen LogP contribution >= 0.6 is 0 Å². The van der Waals surface area contributed by atoms with Crippen LogP contribution < -0.4 is 81.4 Å². The van der Waals surface area contributed by atoms with Gasteiger partial charge in [0.2, 0.25) is 95.0 Å². The van der Waals surface area contributed by atoms with E-state index >= 15 is 28.8 Å². The first kappa shape index (κ1) is 97.9. The molecule has 0 aliphatic carbocycles. The first-order valence-electron chi connectivity index (χ1n) is 38.9. The molecule has 0 spiro atoms. The minimum atomic E-state index is -5.43. The number of benzene rings is 2. The maximum absolute atomic E-state index is 15.4. The van der Waals surface area contributed by atoms with Crippen LogP contribution in [0.5, 0.6) is 0 Å². The van der Waals surface area contributed by atoms with Gasteiger partial charge >= 0.3 is 0 Å². The summed E-state index contributed by atoms with van der Waals surface area (Å²) in [7, 11) is -3.42. The van der Waals surface area contributed by atoms with Crippen molar-refractivity contribution in [3.05, 3.63) is 71.9 Å². The Morgan fingerprint density at radius 1 is 0.672 bits per heavy atom. The summed E-state index contributed by atoms with van der Waals surface area (Å²) < 4.78 is 36.6. The van der Waals surface area contributed by atoms with E-state index in [0.717, 1.165) is 27.9 Å². The molecule has 41 nitrogen and oxygen atoms in total. The lowest BCUT2D eigenvalue weighted by atomic mass is 9.83. The van der Waals surface area contributed by atoms with Gasteiger partial charge in [-0.2, -0.15) is 8.42 Å². The number of amides is 16. The third-order valence-corrected chi connectivity index (χ3v) is 20.9. The van der Waals surface area contributed by atoms with Gasteiger partial charge < -0.3 is 106 Å². The minimum Gasteiger partial charge on any atom is -0.391 e. The van der Waals surface area contributed by atoms with Crippen LogP contribution in [0.25, 0.3) is 10.9 Å². The standard InChI is InChI=1S/C77H116N20O21S/c1-39(2)31-48-64(105)86-50(34-57(79)102)66(107)92-59(42(5)99)73(114)95(12)36-55(100)40(3)58(74(115)96(13)53(68(109)87-48)27-28-56(78)101)91-67(108)52(37-119(116,117)118)90-63(104)47(25-19-29-82-75(80)81)85-65(106)49(33-44-35-83-46-24-18-17-23-45(44)46)88-70(111)60(76(6,7)8)94-71(112)61(77(9,10)11)93-69(110)54-26-20-30-97(54)72(113)51(32-43-21-15-14-16-22-43)89-62(103)41(4)84-38-98/h14-18,21-24,35,38-42,47-54,58-61,83,99H,19-20,25-34,36-37H2,1-13H3,(H2,78,101)(H2,79,102)(H,84,98)(H,85,106)(H,86,105)(H,87,109)(H,88,111)(H,89,103)(H,90,104)(H,91,108)(H,92,107)(H,93,110)(H,94,112)(H4,80,81,82)(H,116,117,118)/t40?,41-,42-,47+,48-,49-,50+,51+,52-,53+,54-,58+,59+,60-,61+/m1/s1. The van der Waals surface area contributed by atoms with Crippen LogP contribution in [0.4, 0.5) is 0 Å². The maximum atomic E-state index is 15.4. The number of guanidine groups is 1. The molecule has 22 N–H and O–H groups in total. The van der Waals surface area contributed by atoms with Gasteiger partial charge in [0.1, 0.15) is 84.3 Å². The largest absolute Gasteiger partial charge is 0.391 e. The van der Waals surface area contributed by atoms with Crippen molar-refractivity contribution in [2.45, 2.75) is 225 Å². The quantitative estimate of drug-likeness (QED) is 0.00862. The summed E-state index contributed by atoms with van der Waals surface area (Å²) in [5, 5.41) is 38.8. The van der Waals surface area contributed by atoms with Gasteiger partial charge in [-0.15, -0.1) is 0 Å². The Morgan fingerprint density at radius 3 is 1.83 bits per heavy atom. The van der Waals surface area contributed by atoms with E-state index in [1.165, 1.54) is 11.8 Å². The molecule has 1 unspecified atom stereocenters. The Bertz CT molecular complexity index is 4350. The molecule has 15 atom stereocenters. The van der Waals surface area contributed by atoms with E-state index in [1.807, 2.05) is 0 Å². The molecule has 2 aromatic carbocycles. The molecule has 2 aliphatic rings. The van der Waals surface area contributed by atoms with Crippen LogP contribution in [0, 0.1) is 22.7 Å². The summed E-state index contributed by atoms with van der Waals surface area (Å²) >= 11 is 0. The molecule has 3 aromatic rings. The van der Waals surface area contributed by atoms with Crippen molar-refractivity contribution in [2.75, 3.05) is 39.5 Å². The highest BCUT2D eigenvalue weighted by atomic mass is 32.2. The lowest BCUT2D eigenvalue weighted by molar-refractivity contribution is -0.147. The van der Waals surface area contributed by atoms with Crippen LogP contribution in [-0.2, 0) is 104 Å². The van der Waals surface area contributed by atoms with E-state index in [1.54, 1.807) is 116 Å². The lowest BCUT2D eigenvalue weighted by Crippen LogP contribution is -2.64. The third kappa shape index (κ3) is 29.4. The number of fused-ring (bicyclic) bond motifs is 1. The zero-order chi connectivity index (χ0) is 89.5. The number of H-pyrrole nitrogens is 1. The molecule has 0 radical (unpaired) electrons. The number of nitrogens with zero attached hydrogens (tertiary/aromatic N) is 4. The Labute approximate surface area is 689 Å². The van der Waals surface area contributed by atoms with Crippen molar-refractivity contribution in [1.82, 2.24) is 78.2 Å². The van der Waals surface area contributed by atoms with Gasteiger partial charge in [0.15, 0.2) is 11.7 Å². The summed E-state index contributed by atoms with van der Waals surface area (Å²) in [6, 6.07) is -6.48. The second-order valence-electron chi connectivity index (χ2n) is 32.6. The van der Waals surface area contributed by atoms with Crippen LogP contribution in [-0.4, -0.2) is 269 Å². The van der Waals surface area contributed by atoms with Gasteiger partial charge in [0.05, 0.1) is 19.1 Å². The summed E-state index contributed by atoms with van der Waals surface area (Å²) in [5.74, 6) is -21.8. The van der Waals surface area contributed by atoms with Gasteiger partial charge in [-0.05, 0) is 86.3 Å². The second-order valence-corrected chi connectivity index (χ2v) is 34.1. The number of aliphatic hydroxyl groups is 1. The second kappa shape index (κ2) is 43.7. The van der Waals surface area contributed by atoms with Crippen LogP contribution in [0.1, 0.15) is 139 Å². The number of rotatable bonds is 35. The molecule has 1 aromatic heterocycles. The molecule has 0 saturated carbocycles. The predicted molar refractivity (Wildman–Crippen MR) is 432 cm³/mol. The van der Waals surface area contributed by atoms with Crippen LogP contribution in [0.3, 0.4) is 0 Å². The average molecular weight is 1690 g/mol. The topological polar surface area (TPSA) is 639 Å². The number of carbonyl (C=O) groups is 17. The number of aliphatic imine (C=N–C) groups is 1. The molecule has 3 heterocycles. The Kier molecular flexibility index (Phi) is 35.9. The molecule has 119 heavy (non-hydrogen) atoms. The van der Waals surface area contributed by atoms with Gasteiger partial charge in [-0.3, -0.25) is 91.1 Å². The van der Waals surface area contributed by atoms with E-state index in [4.69, 9.17) is 22.9 Å². The normalized spacial score (nSPS) is 20.8. The van der Waals surface area contributed by atoms with Crippen LogP contribution in [0.15, 0.2) is 65.8 Å². The molecule has 2 fully saturated rings. The molecular formula is C77H116N20O21S. The smallest absolute Gasteiger partial charge is 0.267 e. The zero-order valence-electron chi connectivity index (χ0n) is 69.1. The number of likely N-dealkylation sites (N-methyl/N-ethyl adjacent to an activating group) is 2. The van der Waals surface area contributed by atoms with Crippen molar-refractivity contribution < 1.29 is 99.6 Å². The molecule has 2 saturated heterocycles. The number of aromatic nitrogens is 1. The fourth-order valence-corrected chi connectivity index (χ4v) is 14.2. The highest BCUT2D eigenvalue weighted by molar-refractivity contribution is 7.85. The number of aromatic amines is 1. The van der Waals surface area contributed by atoms with E-state index in [9.17, 15) is 70.8 Å². The molecule has 0 bridgehead atoms. The Morgan fingerprint density at radius 2 is 1.24 bits per heavy atom. The fraction of sp³-hybridized carbons (Fsp3) is 0.584. The number of nitrogens with one attached hydrogen (secondary N) is 12. The molecule has 42 heteroatoms. The monoisotopic (exact) mass is 1690 g/mol. The lowest BCUT2D eigenvalue weighted by Gasteiger charge is -2.37. The summed E-state index contributed by atoms with van der Waals surface area (Å²) in [6.45, 7) is 15.3. The van der Waals surface area contributed by atoms with Gasteiger partial charge in [0, 0.05) is 69.5 Å². The van der Waals surface area contributed by atoms with Crippen LogP contribution in [0.2, 0.25) is 0 Å². The number of likely N-dealkylation sites (tertiary alicyclic amines) is 1. The van der Waals surface area contributed by atoms with Gasteiger partial charge in [-0.1, -0.05) is 111 Å². The number of nitrogens with two attached hydrogens (primary N) is 4. The van der Waals surface area contributed by atoms with Crippen molar-refractivity contribution >= 4 is 128 Å². The Balaban J connectivity index is 1.56. The van der Waals surface area contributed by atoms with Crippen molar-refractivity contribution in [2.24, 2.45) is 50.6 Å². The number of carbonyl (C=O) groups excluding carboxylic acids is 17. The first-order chi connectivity index (χ1) is 55.4. The summed E-state index contributed by atoms with van der Waals surface area (Å²) in [4.78, 5) is 251. The molecule has 16 amide bonds. The molecule has 656 valence electrons. The molecular weight excluding hydrogens is 1570 g/mol. The Hall–Kier alpha value is -11.7. The van der Waals surface area contributed by atoms with Crippen molar-refractivity contribution in [3.63, 3.8) is 0 Å². The minimum absolute atomic E-state index is 0.00760. The third-order valence-electron chi connectivity index (χ3n) is 20.1. The van der Waals surface area contributed by atoms with E-state index in [0.29, 0.717) is 44.7 Å². The van der Waals surface area contributed by atoms with E-state index < -0.39 is 256 Å². The SMILES string of the molecule is CC(C)C[C@H]1NC(=O)[C@H](CCC(N)=O)N(C)C(=O)[C@@H](NC(=O)[C@@H](CS(=O)(=O)O)NC(=O)[C@H](CCCN=C(N)N)NC(=O)[C@@H](Cc2c[nH]c3ccccc23)NC(=O)[C@@H](NC(=O)[C@H](NC(=O)[C@H]2CCCN2C(=O)[C@H](Cc2ccccc2)NC(=O)[C@@H](C)NC=O)C(C)(C)C)C(C)(C)C)C(C)C(=O)CN(C)C(=O)[C@H]([C@@H](C)O)NC(=O)[C@H](CC(N)=O)NC1=O. The highest BCUT2D eigenvalue weighted by Crippen LogP contribution is 2.28. The summed E-state index contributed by atoms with van der Waals surface area (Å²) in [6.07, 6.45) is -2.73. The summed E-state index contributed by atoms with van der Waals surface area (Å²) in [5.41, 5.74) is 21.6. The average Bonchev–Trinajstić information content (AvgIpc) is 1.77. The number of ketones is 1. The van der Waals surface area contributed by atoms with Crippen molar-refractivity contribution in [3.8, 4) is 0 Å². The van der Waals surface area contributed by atoms with Gasteiger partial charge in [0.25, 0.3) is 10.1 Å². The zero-order valence-corrected chi connectivity index (χ0v) is 70.0. The van der Waals surface area contributed by atoms with E-state index in [-0.39, 0.29) is 45.2 Å². The first-order valence-corrected chi connectivity index (χ1v) is 40.5. The number of aliphatic hydroxyl groups excluding tert-OH is 1. The highest BCUT2D eigenvalue weighted by Gasteiger charge is 2.47. The number of primary amides is 2. The number of para-hydroxylation sites is 1. The van der Waals surface area contributed by atoms with Gasteiger partial charge in [-0.25, -0.2) is 0 Å². The number of hydrogen-bond acceptors (Lipinski definition) is 21. The molecule has 5 rings (SSSR count). The molecule has 2 aliphatic heterocycles.